The Hall–Kier alpha value is -1.91. The van der Waals surface area contributed by atoms with Gasteiger partial charge in [-0.25, -0.2) is 0 Å². The predicted molar refractivity (Wildman–Crippen MR) is 98.4 cm³/mol. The number of hydrogen-bond donors (Lipinski definition) is 1. The van der Waals surface area contributed by atoms with E-state index in [9.17, 15) is 0 Å². The van der Waals surface area contributed by atoms with E-state index in [-0.39, 0.29) is 0 Å². The quantitative estimate of drug-likeness (QED) is 0.783. The smallest absolute Gasteiger partial charge is 0.138 e. The van der Waals surface area contributed by atoms with Gasteiger partial charge in [0.25, 0.3) is 0 Å². The fourth-order valence-corrected chi connectivity index (χ4v) is 3.48. The second-order valence-electron chi connectivity index (χ2n) is 5.21. The summed E-state index contributed by atoms with van der Waals surface area (Å²) in [5, 5.41) is 3.37. The van der Waals surface area contributed by atoms with Crippen LogP contribution in [-0.2, 0) is 0 Å². The van der Waals surface area contributed by atoms with E-state index in [1.807, 2.05) is 42.1 Å². The average molecular weight is 327 g/mol. The highest BCUT2D eigenvalue weighted by Crippen LogP contribution is 2.43. The Morgan fingerprint density at radius 3 is 2.83 bits per heavy atom. The SMILES string of the molecule is CCNCCSC1=Cc2ccc(OC)cc2Oc2ccccc21. The van der Waals surface area contributed by atoms with Crippen LogP contribution in [0.3, 0.4) is 0 Å². The molecule has 2 aromatic carbocycles. The summed E-state index contributed by atoms with van der Waals surface area (Å²) in [6, 6.07) is 14.1. The Morgan fingerprint density at radius 1 is 1.13 bits per heavy atom. The van der Waals surface area contributed by atoms with E-state index in [4.69, 9.17) is 9.47 Å². The molecule has 0 saturated carbocycles. The maximum absolute atomic E-state index is 6.14. The van der Waals surface area contributed by atoms with E-state index in [0.717, 1.165) is 47.2 Å². The zero-order valence-corrected chi connectivity index (χ0v) is 14.3. The van der Waals surface area contributed by atoms with Crippen molar-refractivity contribution in [2.45, 2.75) is 6.92 Å². The number of nitrogens with one attached hydrogen (secondary N) is 1. The molecule has 120 valence electrons. The van der Waals surface area contributed by atoms with Crippen molar-refractivity contribution < 1.29 is 9.47 Å². The standard InChI is InChI=1S/C19H21NO2S/c1-3-20-10-11-23-19-12-14-8-9-15(21-2)13-18(14)22-17-7-5-4-6-16(17)19/h4-9,12-13,20H,3,10-11H2,1-2H3. The Morgan fingerprint density at radius 2 is 2.00 bits per heavy atom. The van der Waals surface area contributed by atoms with Crippen molar-refractivity contribution in [3.05, 3.63) is 53.6 Å². The lowest BCUT2D eigenvalue weighted by Gasteiger charge is -2.11. The molecule has 0 unspecified atom stereocenters. The van der Waals surface area contributed by atoms with Gasteiger partial charge in [-0.1, -0.05) is 25.1 Å². The summed E-state index contributed by atoms with van der Waals surface area (Å²) in [4.78, 5) is 1.24. The van der Waals surface area contributed by atoms with E-state index in [0.29, 0.717) is 0 Å². The van der Waals surface area contributed by atoms with Crippen LogP contribution in [0.4, 0.5) is 0 Å². The lowest BCUT2D eigenvalue weighted by Crippen LogP contribution is -2.15. The molecule has 3 rings (SSSR count). The summed E-state index contributed by atoms with van der Waals surface area (Å²) in [6.07, 6.45) is 2.21. The minimum Gasteiger partial charge on any atom is -0.497 e. The lowest BCUT2D eigenvalue weighted by molar-refractivity contribution is 0.409. The minimum atomic E-state index is 0.804. The van der Waals surface area contributed by atoms with Crippen LogP contribution in [0.5, 0.6) is 17.2 Å². The van der Waals surface area contributed by atoms with Crippen LogP contribution in [0.2, 0.25) is 0 Å². The van der Waals surface area contributed by atoms with Gasteiger partial charge in [0.15, 0.2) is 0 Å². The summed E-state index contributed by atoms with van der Waals surface area (Å²) in [7, 11) is 1.67. The molecule has 3 nitrogen and oxygen atoms in total. The molecule has 1 aliphatic heterocycles. The number of hydrogen-bond acceptors (Lipinski definition) is 4. The van der Waals surface area contributed by atoms with Crippen LogP contribution in [0.1, 0.15) is 18.1 Å². The third-order valence-corrected chi connectivity index (χ3v) is 4.72. The van der Waals surface area contributed by atoms with Crippen molar-refractivity contribution in [1.29, 1.82) is 0 Å². The molecule has 1 aliphatic rings. The van der Waals surface area contributed by atoms with Gasteiger partial charge in [-0.15, -0.1) is 11.8 Å². The molecule has 23 heavy (non-hydrogen) atoms. The van der Waals surface area contributed by atoms with E-state index in [1.165, 1.54) is 4.91 Å². The third kappa shape index (κ3) is 3.71. The predicted octanol–water partition coefficient (Wildman–Crippen LogP) is 4.64. The number of thioether (sulfide) groups is 1. The number of ether oxygens (including phenoxy) is 2. The summed E-state index contributed by atoms with van der Waals surface area (Å²) >= 11 is 1.85. The van der Waals surface area contributed by atoms with Crippen LogP contribution >= 0.6 is 11.8 Å². The van der Waals surface area contributed by atoms with Gasteiger partial charge in [0.05, 0.1) is 7.11 Å². The Kier molecular flexibility index (Phi) is 5.26. The normalized spacial score (nSPS) is 12.5. The van der Waals surface area contributed by atoms with Crippen molar-refractivity contribution in [3.8, 4) is 17.2 Å². The van der Waals surface area contributed by atoms with Gasteiger partial charge in [-0.05, 0) is 30.8 Å². The maximum atomic E-state index is 6.14. The summed E-state index contributed by atoms with van der Waals surface area (Å²) < 4.78 is 11.5. The van der Waals surface area contributed by atoms with E-state index in [1.54, 1.807) is 7.11 Å². The molecular formula is C19H21NO2S. The van der Waals surface area contributed by atoms with Gasteiger partial charge in [0, 0.05) is 34.4 Å². The largest absolute Gasteiger partial charge is 0.497 e. The first-order valence-corrected chi connectivity index (χ1v) is 8.81. The number of benzene rings is 2. The topological polar surface area (TPSA) is 30.5 Å². The fraction of sp³-hybridized carbons (Fsp3) is 0.263. The highest BCUT2D eigenvalue weighted by molar-refractivity contribution is 8.08. The van der Waals surface area contributed by atoms with Gasteiger partial charge in [-0.3, -0.25) is 0 Å². The summed E-state index contributed by atoms with van der Waals surface area (Å²) in [5.41, 5.74) is 2.22. The summed E-state index contributed by atoms with van der Waals surface area (Å²) in [5.74, 6) is 3.55. The molecule has 2 aromatic rings. The van der Waals surface area contributed by atoms with E-state index < -0.39 is 0 Å². The van der Waals surface area contributed by atoms with Gasteiger partial charge >= 0.3 is 0 Å². The maximum Gasteiger partial charge on any atom is 0.138 e. The molecule has 0 spiro atoms. The molecule has 0 bridgehead atoms. The number of fused-ring (bicyclic) bond motifs is 2. The Balaban J connectivity index is 1.95. The molecule has 0 amide bonds. The molecule has 1 heterocycles. The van der Waals surface area contributed by atoms with Crippen LogP contribution in [0, 0.1) is 0 Å². The molecule has 0 aromatic heterocycles. The van der Waals surface area contributed by atoms with E-state index >= 15 is 0 Å². The first kappa shape index (κ1) is 16.0. The number of para-hydroxylation sites is 1. The van der Waals surface area contributed by atoms with Gasteiger partial charge in [0.2, 0.25) is 0 Å². The van der Waals surface area contributed by atoms with Crippen molar-refractivity contribution in [1.82, 2.24) is 5.32 Å². The Labute approximate surface area is 141 Å². The molecule has 1 N–H and O–H groups in total. The van der Waals surface area contributed by atoms with Gasteiger partial charge in [-0.2, -0.15) is 0 Å². The number of rotatable bonds is 6. The van der Waals surface area contributed by atoms with Crippen molar-refractivity contribution in [3.63, 3.8) is 0 Å². The van der Waals surface area contributed by atoms with Gasteiger partial charge in [0.1, 0.15) is 17.2 Å². The fourth-order valence-electron chi connectivity index (χ4n) is 2.48. The molecule has 4 heteroatoms. The molecule has 0 radical (unpaired) electrons. The molecular weight excluding hydrogens is 306 g/mol. The average Bonchev–Trinajstić information content (AvgIpc) is 2.74. The third-order valence-electron chi connectivity index (χ3n) is 3.67. The van der Waals surface area contributed by atoms with Crippen molar-refractivity contribution in [2.24, 2.45) is 0 Å². The van der Waals surface area contributed by atoms with Gasteiger partial charge < -0.3 is 14.8 Å². The van der Waals surface area contributed by atoms with E-state index in [2.05, 4.69) is 30.4 Å². The molecule has 0 aliphatic carbocycles. The zero-order valence-electron chi connectivity index (χ0n) is 13.5. The Bertz CT molecular complexity index is 712. The van der Waals surface area contributed by atoms with Crippen LogP contribution in [0.15, 0.2) is 42.5 Å². The van der Waals surface area contributed by atoms with Crippen molar-refractivity contribution in [2.75, 3.05) is 26.0 Å². The second kappa shape index (κ2) is 7.57. The number of methoxy groups -OCH3 is 1. The minimum absolute atomic E-state index is 0.804. The molecule has 0 saturated heterocycles. The highest BCUT2D eigenvalue weighted by Gasteiger charge is 2.17. The first-order valence-electron chi connectivity index (χ1n) is 7.82. The molecule has 0 fully saturated rings. The van der Waals surface area contributed by atoms with Crippen molar-refractivity contribution >= 4 is 22.7 Å². The van der Waals surface area contributed by atoms with Crippen LogP contribution in [0.25, 0.3) is 11.0 Å². The lowest BCUT2D eigenvalue weighted by atomic mass is 10.1. The monoisotopic (exact) mass is 327 g/mol. The zero-order chi connectivity index (χ0) is 16.1. The van der Waals surface area contributed by atoms with Crippen LogP contribution < -0.4 is 14.8 Å². The second-order valence-corrected chi connectivity index (χ2v) is 6.35. The summed E-state index contributed by atoms with van der Waals surface area (Å²) in [6.45, 7) is 4.13. The molecule has 0 atom stereocenters. The first-order chi connectivity index (χ1) is 11.3. The van der Waals surface area contributed by atoms with Crippen LogP contribution in [-0.4, -0.2) is 26.0 Å². The highest BCUT2D eigenvalue weighted by atomic mass is 32.2.